The lowest BCUT2D eigenvalue weighted by atomic mass is 10.1. The molecule has 2 aromatic heterocycles. The minimum Gasteiger partial charge on any atom is -0.344 e. The van der Waals surface area contributed by atoms with Crippen LogP contribution in [0.2, 0.25) is 0 Å². The minimum atomic E-state index is -0.343. The highest BCUT2D eigenvalue weighted by Crippen LogP contribution is 2.17. The van der Waals surface area contributed by atoms with Gasteiger partial charge in [0, 0.05) is 24.8 Å². The molecule has 1 unspecified atom stereocenters. The van der Waals surface area contributed by atoms with Crippen molar-refractivity contribution in [1.82, 2.24) is 29.9 Å². The lowest BCUT2D eigenvalue weighted by Crippen LogP contribution is -2.34. The van der Waals surface area contributed by atoms with E-state index in [0.29, 0.717) is 6.54 Å². The molecule has 0 radical (unpaired) electrons. The second-order valence-electron chi connectivity index (χ2n) is 6.06. The number of H-pyrrole nitrogens is 1. The van der Waals surface area contributed by atoms with Crippen LogP contribution >= 0.6 is 0 Å². The molecule has 7 heteroatoms. The Morgan fingerprint density at radius 3 is 2.84 bits per heavy atom. The largest absolute Gasteiger partial charge is 0.344 e. The summed E-state index contributed by atoms with van der Waals surface area (Å²) in [6, 6.07) is 11.8. The van der Waals surface area contributed by atoms with E-state index in [0.717, 1.165) is 29.8 Å². The Labute approximate surface area is 146 Å². The molecule has 0 saturated heterocycles. The van der Waals surface area contributed by atoms with Gasteiger partial charge in [-0.25, -0.2) is 9.67 Å². The monoisotopic (exact) mass is 338 g/mol. The van der Waals surface area contributed by atoms with Crippen LogP contribution in [0.1, 0.15) is 25.1 Å². The predicted molar refractivity (Wildman–Crippen MR) is 94.7 cm³/mol. The van der Waals surface area contributed by atoms with Gasteiger partial charge >= 0.3 is 0 Å². The van der Waals surface area contributed by atoms with Gasteiger partial charge in [-0.1, -0.05) is 30.3 Å². The number of carbonyl (C=O) groups is 1. The summed E-state index contributed by atoms with van der Waals surface area (Å²) in [5.41, 5.74) is 3.11. The summed E-state index contributed by atoms with van der Waals surface area (Å²) in [7, 11) is 1.82. The maximum Gasteiger partial charge on any atom is 0.246 e. The van der Waals surface area contributed by atoms with Gasteiger partial charge in [-0.15, -0.1) is 0 Å². The highest BCUT2D eigenvalue weighted by Gasteiger charge is 2.19. The molecule has 0 aliphatic heterocycles. The van der Waals surface area contributed by atoms with E-state index in [-0.39, 0.29) is 11.9 Å². The van der Waals surface area contributed by atoms with Gasteiger partial charge in [0.15, 0.2) is 0 Å². The van der Waals surface area contributed by atoms with Gasteiger partial charge in [-0.2, -0.15) is 10.2 Å². The van der Waals surface area contributed by atoms with E-state index in [4.69, 9.17) is 0 Å². The van der Waals surface area contributed by atoms with Gasteiger partial charge < -0.3 is 4.90 Å². The fourth-order valence-electron chi connectivity index (χ4n) is 2.71. The minimum absolute atomic E-state index is 0.0279. The van der Waals surface area contributed by atoms with Crippen molar-refractivity contribution in [2.24, 2.45) is 0 Å². The first-order valence-electron chi connectivity index (χ1n) is 8.34. The van der Waals surface area contributed by atoms with Crippen LogP contribution in [0.5, 0.6) is 0 Å². The topological polar surface area (TPSA) is 79.7 Å². The van der Waals surface area contributed by atoms with Crippen molar-refractivity contribution >= 4 is 5.91 Å². The summed E-state index contributed by atoms with van der Waals surface area (Å²) < 4.78 is 1.57. The zero-order valence-electron chi connectivity index (χ0n) is 14.5. The molecule has 130 valence electrons. The van der Waals surface area contributed by atoms with Gasteiger partial charge in [0.05, 0.1) is 5.69 Å². The zero-order chi connectivity index (χ0) is 17.6. The number of aromatic nitrogens is 5. The lowest BCUT2D eigenvalue weighted by molar-refractivity contribution is -0.133. The van der Waals surface area contributed by atoms with Crippen LogP contribution in [-0.2, 0) is 11.2 Å². The number of hydrogen-bond donors (Lipinski definition) is 1. The molecule has 1 aromatic carbocycles. The quantitative estimate of drug-likeness (QED) is 0.717. The van der Waals surface area contributed by atoms with Crippen molar-refractivity contribution in [1.29, 1.82) is 0 Å². The van der Waals surface area contributed by atoms with Crippen molar-refractivity contribution in [3.8, 4) is 11.3 Å². The van der Waals surface area contributed by atoms with Gasteiger partial charge in [0.1, 0.15) is 18.7 Å². The van der Waals surface area contributed by atoms with E-state index >= 15 is 0 Å². The van der Waals surface area contributed by atoms with Crippen molar-refractivity contribution < 1.29 is 4.79 Å². The van der Waals surface area contributed by atoms with Crippen LogP contribution in [0.3, 0.4) is 0 Å². The first kappa shape index (κ1) is 16.9. The van der Waals surface area contributed by atoms with Crippen LogP contribution in [0.25, 0.3) is 11.3 Å². The predicted octanol–water partition coefficient (Wildman–Crippen LogP) is 2.32. The summed E-state index contributed by atoms with van der Waals surface area (Å²) >= 11 is 0. The molecule has 0 aliphatic rings. The molecule has 2 heterocycles. The summed E-state index contributed by atoms with van der Waals surface area (Å²) in [5, 5.41) is 11.5. The molecule has 0 spiro atoms. The van der Waals surface area contributed by atoms with Crippen LogP contribution in [-0.4, -0.2) is 49.4 Å². The lowest BCUT2D eigenvalue weighted by Gasteiger charge is -2.21. The molecular weight excluding hydrogens is 316 g/mol. The molecule has 0 aliphatic carbocycles. The molecule has 1 atom stereocenters. The van der Waals surface area contributed by atoms with Gasteiger partial charge in [0.2, 0.25) is 5.91 Å². The highest BCUT2D eigenvalue weighted by atomic mass is 16.2. The third-order valence-corrected chi connectivity index (χ3v) is 4.21. The summed E-state index contributed by atoms with van der Waals surface area (Å²) in [6.07, 6.45) is 4.70. The summed E-state index contributed by atoms with van der Waals surface area (Å²) in [6.45, 7) is 2.51. The number of nitrogens with zero attached hydrogens (tertiary/aromatic N) is 5. The molecule has 0 saturated carbocycles. The summed E-state index contributed by atoms with van der Waals surface area (Å²) in [4.78, 5) is 18.0. The van der Waals surface area contributed by atoms with Crippen LogP contribution in [0.4, 0.5) is 0 Å². The maximum atomic E-state index is 12.4. The Balaban J connectivity index is 1.49. The summed E-state index contributed by atoms with van der Waals surface area (Å²) in [5.74, 6) is 0.0279. The number of aromatic amines is 1. The molecular formula is C18H22N6O. The first-order valence-corrected chi connectivity index (χ1v) is 8.34. The number of hydrogen-bond acceptors (Lipinski definition) is 4. The molecule has 25 heavy (non-hydrogen) atoms. The fourth-order valence-corrected chi connectivity index (χ4v) is 2.71. The number of aryl methyl sites for hydroxylation is 1. The van der Waals surface area contributed by atoms with Crippen molar-refractivity contribution in [3.63, 3.8) is 0 Å². The smallest absolute Gasteiger partial charge is 0.246 e. The Kier molecular flexibility index (Phi) is 5.23. The Morgan fingerprint density at radius 2 is 2.12 bits per heavy atom. The molecule has 1 N–H and O–H groups in total. The molecule has 3 rings (SSSR count). The van der Waals surface area contributed by atoms with Gasteiger partial charge in [-0.3, -0.25) is 9.89 Å². The second kappa shape index (κ2) is 7.74. The SMILES string of the molecule is CC(C(=O)N(C)CCCc1cc(-c2ccccc2)n[nH]1)n1cncn1. The Morgan fingerprint density at radius 1 is 1.32 bits per heavy atom. The van der Waals surface area contributed by atoms with E-state index in [1.165, 1.54) is 6.33 Å². The fraction of sp³-hybridized carbons (Fsp3) is 0.333. The van der Waals surface area contributed by atoms with Crippen LogP contribution in [0.15, 0.2) is 49.1 Å². The van der Waals surface area contributed by atoms with Crippen molar-refractivity contribution in [3.05, 3.63) is 54.7 Å². The van der Waals surface area contributed by atoms with E-state index < -0.39 is 0 Å². The van der Waals surface area contributed by atoms with Crippen LogP contribution in [0, 0.1) is 0 Å². The molecule has 3 aromatic rings. The number of amides is 1. The molecule has 0 bridgehead atoms. The highest BCUT2D eigenvalue weighted by molar-refractivity contribution is 5.79. The maximum absolute atomic E-state index is 12.4. The average molecular weight is 338 g/mol. The first-order chi connectivity index (χ1) is 12.1. The molecule has 0 fully saturated rings. The van der Waals surface area contributed by atoms with E-state index in [9.17, 15) is 4.79 Å². The van der Waals surface area contributed by atoms with Crippen LogP contribution < -0.4 is 0 Å². The third-order valence-electron chi connectivity index (χ3n) is 4.21. The number of rotatable bonds is 7. The molecule has 1 amide bonds. The zero-order valence-corrected chi connectivity index (χ0v) is 14.5. The number of benzene rings is 1. The molecule has 7 nitrogen and oxygen atoms in total. The second-order valence-corrected chi connectivity index (χ2v) is 6.06. The standard InChI is InChI=1S/C18H22N6O/c1-14(24-13-19-12-20-24)18(25)23(2)10-6-9-16-11-17(22-21-16)15-7-4-3-5-8-15/h3-5,7-8,11-14H,6,9-10H2,1-2H3,(H,21,22). The van der Waals surface area contributed by atoms with E-state index in [1.807, 2.05) is 44.3 Å². The Bertz CT molecular complexity index is 796. The van der Waals surface area contributed by atoms with Gasteiger partial charge in [0.25, 0.3) is 0 Å². The normalized spacial score (nSPS) is 12.1. The van der Waals surface area contributed by atoms with E-state index in [2.05, 4.69) is 26.3 Å². The van der Waals surface area contributed by atoms with Crippen molar-refractivity contribution in [2.45, 2.75) is 25.8 Å². The van der Waals surface area contributed by atoms with Crippen molar-refractivity contribution in [2.75, 3.05) is 13.6 Å². The third kappa shape index (κ3) is 4.12. The number of likely N-dealkylation sites (N-methyl/N-ethyl adjacent to an activating group) is 1. The van der Waals surface area contributed by atoms with E-state index in [1.54, 1.807) is 15.9 Å². The number of carbonyl (C=O) groups excluding carboxylic acids is 1. The Hall–Kier alpha value is -2.96. The number of nitrogens with one attached hydrogen (secondary N) is 1. The average Bonchev–Trinajstić information content (AvgIpc) is 3.33. The van der Waals surface area contributed by atoms with Gasteiger partial charge in [-0.05, 0) is 25.8 Å².